The number of hydrogen-bond donors (Lipinski definition) is 1. The Bertz CT molecular complexity index is 695. The van der Waals surface area contributed by atoms with E-state index in [0.717, 1.165) is 0 Å². The predicted molar refractivity (Wildman–Crippen MR) is 74.1 cm³/mol. The fourth-order valence-electron chi connectivity index (χ4n) is 2.55. The van der Waals surface area contributed by atoms with Crippen molar-refractivity contribution in [3.05, 3.63) is 23.4 Å². The molecule has 118 valence electrons. The molecule has 0 saturated heterocycles. The lowest BCUT2D eigenvalue weighted by Crippen LogP contribution is -2.30. The Hall–Kier alpha value is -2.38. The first-order valence-corrected chi connectivity index (χ1v) is 6.41. The van der Waals surface area contributed by atoms with Crippen LogP contribution in [0, 0.1) is 0 Å². The van der Waals surface area contributed by atoms with Crippen molar-refractivity contribution < 1.29 is 27.4 Å². The summed E-state index contributed by atoms with van der Waals surface area (Å²) in [5.74, 6) is 0.721. The van der Waals surface area contributed by atoms with Gasteiger partial charge in [-0.3, -0.25) is 0 Å². The number of halogens is 3. The highest BCUT2D eigenvalue weighted by Gasteiger charge is 2.46. The minimum atomic E-state index is -4.57. The van der Waals surface area contributed by atoms with Crippen LogP contribution in [0.15, 0.2) is 22.8 Å². The van der Waals surface area contributed by atoms with Gasteiger partial charge in [-0.05, 0) is 6.07 Å². The zero-order chi connectivity index (χ0) is 16.1. The summed E-state index contributed by atoms with van der Waals surface area (Å²) in [6.45, 7) is 1.51. The number of alkyl halides is 3. The van der Waals surface area contributed by atoms with Crippen LogP contribution >= 0.6 is 0 Å². The van der Waals surface area contributed by atoms with Crippen molar-refractivity contribution in [1.82, 2.24) is 0 Å². The minimum Gasteiger partial charge on any atom is -0.493 e. The predicted octanol–water partition coefficient (Wildman–Crippen LogP) is 3.18. The Morgan fingerprint density at radius 2 is 1.82 bits per heavy atom. The molecule has 0 aromatic heterocycles. The fraction of sp³-hybridized carbons (Fsp3) is 0.357. The number of ether oxygens (including phenoxy) is 3. The van der Waals surface area contributed by atoms with Crippen molar-refractivity contribution in [2.45, 2.75) is 19.3 Å². The van der Waals surface area contributed by atoms with Gasteiger partial charge in [-0.15, -0.1) is 0 Å². The molecular formula is C14H13F3N2O3. The zero-order valence-electron chi connectivity index (χ0n) is 12.0. The molecule has 1 aromatic carbocycles. The van der Waals surface area contributed by atoms with Gasteiger partial charge in [-0.2, -0.15) is 13.2 Å². The Morgan fingerprint density at radius 3 is 2.41 bits per heavy atom. The lowest BCUT2D eigenvalue weighted by molar-refractivity contribution is -0.0700. The summed E-state index contributed by atoms with van der Waals surface area (Å²) in [6.07, 6.45) is -5.52. The van der Waals surface area contributed by atoms with E-state index in [1.807, 2.05) is 0 Å². The van der Waals surface area contributed by atoms with Crippen LogP contribution in [0.25, 0.3) is 5.57 Å². The van der Waals surface area contributed by atoms with E-state index in [1.165, 1.54) is 33.3 Å². The Labute approximate surface area is 124 Å². The average Bonchev–Trinajstić information content (AvgIpc) is 2.80. The number of fused-ring (bicyclic) bond motifs is 2. The van der Waals surface area contributed by atoms with E-state index < -0.39 is 18.0 Å². The molecule has 0 saturated carbocycles. The normalized spacial score (nSPS) is 19.7. The maximum Gasteiger partial charge on any atom is 0.419 e. The summed E-state index contributed by atoms with van der Waals surface area (Å²) in [6, 6.07) is 2.74. The number of benzene rings is 1. The number of hydrogen-bond acceptors (Lipinski definition) is 5. The minimum absolute atomic E-state index is 0.0431. The summed E-state index contributed by atoms with van der Waals surface area (Å²) in [5.41, 5.74) is -0.796. The molecule has 5 nitrogen and oxygen atoms in total. The number of aliphatic imine (C=N–C) groups is 1. The van der Waals surface area contributed by atoms with Gasteiger partial charge in [-0.25, -0.2) is 4.99 Å². The van der Waals surface area contributed by atoms with Gasteiger partial charge in [-0.1, -0.05) is 0 Å². The fourth-order valence-corrected chi connectivity index (χ4v) is 2.55. The van der Waals surface area contributed by atoms with Gasteiger partial charge in [0.05, 0.1) is 19.8 Å². The quantitative estimate of drug-likeness (QED) is 0.911. The molecule has 3 rings (SSSR count). The Kier molecular flexibility index (Phi) is 3.19. The average molecular weight is 314 g/mol. The maximum absolute atomic E-state index is 13.5. The van der Waals surface area contributed by atoms with Crippen LogP contribution in [0.1, 0.15) is 12.5 Å². The number of allylic oxidation sites excluding steroid dienone is 1. The van der Waals surface area contributed by atoms with Crippen LogP contribution in [0.2, 0.25) is 0 Å². The second kappa shape index (κ2) is 4.82. The highest BCUT2D eigenvalue weighted by molar-refractivity contribution is 5.90. The van der Waals surface area contributed by atoms with E-state index in [4.69, 9.17) is 14.2 Å². The molecule has 1 aromatic rings. The first kappa shape index (κ1) is 14.6. The van der Waals surface area contributed by atoms with Gasteiger partial charge in [0.15, 0.2) is 17.4 Å². The molecule has 1 N–H and O–H groups in total. The van der Waals surface area contributed by atoms with Crippen LogP contribution in [0.5, 0.6) is 11.5 Å². The molecule has 0 fully saturated rings. The first-order chi connectivity index (χ1) is 10.3. The van der Waals surface area contributed by atoms with E-state index in [2.05, 4.69) is 10.3 Å². The topological polar surface area (TPSA) is 52.1 Å². The zero-order valence-corrected chi connectivity index (χ0v) is 12.0. The van der Waals surface area contributed by atoms with E-state index in [-0.39, 0.29) is 28.6 Å². The number of anilines is 1. The van der Waals surface area contributed by atoms with Crippen LogP contribution in [0.4, 0.5) is 18.9 Å². The van der Waals surface area contributed by atoms with Gasteiger partial charge < -0.3 is 19.5 Å². The standard InChI is InChI=1S/C14H13F3N2O3/c1-6-18-12-11(14(15,16)17)7-4-9(20-2)10(21-3)5-8(7)19-13(12)22-6/h4-5,13,19H,1-3H3. The largest absolute Gasteiger partial charge is 0.493 e. The number of nitrogens with zero attached hydrogens (tertiary/aromatic N) is 1. The van der Waals surface area contributed by atoms with Gasteiger partial charge in [0.2, 0.25) is 6.23 Å². The van der Waals surface area contributed by atoms with Crippen LogP contribution in [0.3, 0.4) is 0 Å². The molecule has 2 aliphatic rings. The van der Waals surface area contributed by atoms with E-state index in [0.29, 0.717) is 5.75 Å². The van der Waals surface area contributed by atoms with Crippen molar-refractivity contribution >= 4 is 17.2 Å². The molecule has 0 amide bonds. The maximum atomic E-state index is 13.5. The summed E-state index contributed by atoms with van der Waals surface area (Å²) >= 11 is 0. The third-order valence-electron chi connectivity index (χ3n) is 3.43. The molecule has 0 bridgehead atoms. The smallest absolute Gasteiger partial charge is 0.419 e. The molecule has 1 atom stereocenters. The van der Waals surface area contributed by atoms with E-state index in [1.54, 1.807) is 0 Å². The number of rotatable bonds is 2. The van der Waals surface area contributed by atoms with Crippen molar-refractivity contribution in [2.75, 3.05) is 19.5 Å². The van der Waals surface area contributed by atoms with Gasteiger partial charge in [0, 0.05) is 24.2 Å². The monoisotopic (exact) mass is 314 g/mol. The van der Waals surface area contributed by atoms with Crippen LogP contribution in [-0.4, -0.2) is 32.5 Å². The summed E-state index contributed by atoms with van der Waals surface area (Å²) < 4.78 is 56.1. The van der Waals surface area contributed by atoms with E-state index >= 15 is 0 Å². The van der Waals surface area contributed by atoms with Crippen molar-refractivity contribution in [1.29, 1.82) is 0 Å². The highest BCUT2D eigenvalue weighted by atomic mass is 19.4. The third-order valence-corrected chi connectivity index (χ3v) is 3.43. The molecule has 0 spiro atoms. The molecule has 2 aliphatic heterocycles. The van der Waals surface area contributed by atoms with Crippen molar-refractivity contribution in [3.63, 3.8) is 0 Å². The Morgan fingerprint density at radius 1 is 1.18 bits per heavy atom. The first-order valence-electron chi connectivity index (χ1n) is 6.41. The lowest BCUT2D eigenvalue weighted by atomic mass is 9.96. The number of methoxy groups -OCH3 is 2. The molecule has 2 heterocycles. The van der Waals surface area contributed by atoms with Gasteiger partial charge in [0.25, 0.3) is 0 Å². The molecule has 1 unspecified atom stereocenters. The summed E-state index contributed by atoms with van der Waals surface area (Å²) in [7, 11) is 2.78. The van der Waals surface area contributed by atoms with Crippen molar-refractivity contribution in [3.8, 4) is 11.5 Å². The van der Waals surface area contributed by atoms with Gasteiger partial charge >= 0.3 is 6.18 Å². The summed E-state index contributed by atoms with van der Waals surface area (Å²) in [4.78, 5) is 3.87. The second-order valence-corrected chi connectivity index (χ2v) is 4.78. The summed E-state index contributed by atoms with van der Waals surface area (Å²) in [5, 5.41) is 2.89. The van der Waals surface area contributed by atoms with Crippen LogP contribution in [-0.2, 0) is 4.74 Å². The van der Waals surface area contributed by atoms with Gasteiger partial charge in [0.1, 0.15) is 5.70 Å². The lowest BCUT2D eigenvalue weighted by Gasteiger charge is -2.28. The van der Waals surface area contributed by atoms with Crippen LogP contribution < -0.4 is 14.8 Å². The highest BCUT2D eigenvalue weighted by Crippen LogP contribution is 2.48. The molecule has 0 radical (unpaired) electrons. The third kappa shape index (κ3) is 2.15. The molecule has 22 heavy (non-hydrogen) atoms. The van der Waals surface area contributed by atoms with E-state index in [9.17, 15) is 13.2 Å². The Balaban J connectivity index is 2.26. The molecule has 0 aliphatic carbocycles. The van der Waals surface area contributed by atoms with Crippen molar-refractivity contribution in [2.24, 2.45) is 4.99 Å². The molecule has 8 heteroatoms. The second-order valence-electron chi connectivity index (χ2n) is 4.78. The SMILES string of the molecule is COc1cc2c(cc1OC)C(C(F)(F)F)=C1N=C(C)OC1N2. The number of nitrogens with one attached hydrogen (secondary N) is 1. The molecular weight excluding hydrogens is 301 g/mol.